The lowest BCUT2D eigenvalue weighted by molar-refractivity contribution is 0.212. The number of aromatic nitrogens is 2. The molecule has 0 aromatic carbocycles. The highest BCUT2D eigenvalue weighted by Gasteiger charge is 2.27. The van der Waals surface area contributed by atoms with E-state index in [4.69, 9.17) is 10.6 Å². The van der Waals surface area contributed by atoms with Gasteiger partial charge in [-0.15, -0.1) is 11.3 Å². The van der Waals surface area contributed by atoms with Crippen LogP contribution in [0.1, 0.15) is 28.5 Å². The van der Waals surface area contributed by atoms with Crippen molar-refractivity contribution in [1.29, 1.82) is 0 Å². The summed E-state index contributed by atoms with van der Waals surface area (Å²) >= 11 is 1.76. The van der Waals surface area contributed by atoms with Gasteiger partial charge in [0.25, 0.3) is 0 Å². The number of hydrogen-bond acceptors (Lipinski definition) is 6. The van der Waals surface area contributed by atoms with E-state index in [0.29, 0.717) is 11.9 Å². The molecule has 19 heavy (non-hydrogen) atoms. The highest BCUT2D eigenvalue weighted by atomic mass is 32.1. The average molecular weight is 274 g/mol. The fraction of sp³-hybridized carbons (Fsp3) is 0.308. The van der Waals surface area contributed by atoms with Crippen LogP contribution in [0, 0.1) is 0 Å². The summed E-state index contributed by atoms with van der Waals surface area (Å²) in [5, 5.41) is 6.20. The molecule has 0 radical (unpaired) electrons. The van der Waals surface area contributed by atoms with Gasteiger partial charge in [-0.1, -0.05) is 11.2 Å². The molecule has 0 saturated carbocycles. The molecular weight excluding hydrogens is 260 g/mol. The van der Waals surface area contributed by atoms with Crippen molar-refractivity contribution < 1.29 is 4.84 Å². The van der Waals surface area contributed by atoms with Gasteiger partial charge in [0.1, 0.15) is 7.11 Å². The minimum atomic E-state index is 0.308. The molecule has 6 heteroatoms. The third-order valence-electron chi connectivity index (χ3n) is 3.22. The maximum atomic E-state index is 5.67. The van der Waals surface area contributed by atoms with Crippen LogP contribution >= 0.6 is 11.3 Å². The number of fused-ring (bicyclic) bond motifs is 1. The van der Waals surface area contributed by atoms with Crippen LogP contribution in [0.5, 0.6) is 0 Å². The van der Waals surface area contributed by atoms with Crippen LogP contribution < -0.4 is 5.73 Å². The van der Waals surface area contributed by atoms with E-state index in [1.807, 2.05) is 0 Å². The minimum Gasteiger partial charge on any atom is -0.399 e. The van der Waals surface area contributed by atoms with Gasteiger partial charge in [-0.25, -0.2) is 9.97 Å². The summed E-state index contributed by atoms with van der Waals surface area (Å²) in [6.07, 6.45) is 3.44. The van der Waals surface area contributed by atoms with Gasteiger partial charge in [0.05, 0.1) is 11.4 Å². The Labute approximate surface area is 115 Å². The molecule has 0 fully saturated rings. The number of hydrogen-bond donors (Lipinski definition) is 1. The van der Waals surface area contributed by atoms with E-state index in [1.165, 1.54) is 4.88 Å². The van der Waals surface area contributed by atoms with Crippen molar-refractivity contribution in [2.75, 3.05) is 12.8 Å². The molecule has 3 rings (SSSR count). The van der Waals surface area contributed by atoms with E-state index in [1.54, 1.807) is 24.6 Å². The first-order valence-corrected chi connectivity index (χ1v) is 6.91. The van der Waals surface area contributed by atoms with Crippen LogP contribution in [0.3, 0.4) is 0 Å². The molecule has 0 bridgehead atoms. The van der Waals surface area contributed by atoms with Gasteiger partial charge < -0.3 is 10.6 Å². The van der Waals surface area contributed by atoms with Crippen molar-refractivity contribution in [3.8, 4) is 0 Å². The van der Waals surface area contributed by atoms with E-state index in [-0.39, 0.29) is 0 Å². The Morgan fingerprint density at radius 1 is 1.47 bits per heavy atom. The van der Waals surface area contributed by atoms with Crippen LogP contribution in [0.25, 0.3) is 0 Å². The summed E-state index contributed by atoms with van der Waals surface area (Å²) in [6.45, 7) is 0. The fourth-order valence-electron chi connectivity index (χ4n) is 2.40. The van der Waals surface area contributed by atoms with Crippen LogP contribution in [-0.4, -0.2) is 22.8 Å². The first-order valence-electron chi connectivity index (χ1n) is 6.03. The molecule has 2 aromatic rings. The molecular formula is C13H14N4OS. The number of anilines is 1. The SMILES string of the molecule is CO/N=C1\CC(c2cccs2)Cc2nc(N)ncc21. The molecule has 0 saturated heterocycles. The third kappa shape index (κ3) is 2.31. The van der Waals surface area contributed by atoms with Crippen LogP contribution in [-0.2, 0) is 11.3 Å². The standard InChI is InChI=1S/C13H14N4OS/c1-18-17-11-6-8(12-3-2-4-19-12)5-10-9(11)7-15-13(14)16-10/h2-4,7-8H,5-6H2,1H3,(H2,14,15,16)/b17-11+. The smallest absolute Gasteiger partial charge is 0.220 e. The fourth-order valence-corrected chi connectivity index (χ4v) is 3.23. The predicted molar refractivity (Wildman–Crippen MR) is 75.4 cm³/mol. The number of oxime groups is 1. The lowest BCUT2D eigenvalue weighted by Crippen LogP contribution is -2.21. The monoisotopic (exact) mass is 274 g/mol. The molecule has 2 aromatic heterocycles. The van der Waals surface area contributed by atoms with Gasteiger partial charge >= 0.3 is 0 Å². The quantitative estimate of drug-likeness (QED) is 0.852. The number of nitrogens with two attached hydrogens (primary N) is 1. The molecule has 98 valence electrons. The maximum Gasteiger partial charge on any atom is 0.220 e. The highest BCUT2D eigenvalue weighted by Crippen LogP contribution is 2.34. The van der Waals surface area contributed by atoms with Crippen LogP contribution in [0.15, 0.2) is 28.9 Å². The summed E-state index contributed by atoms with van der Waals surface area (Å²) in [7, 11) is 1.56. The Bertz CT molecular complexity index is 609. The summed E-state index contributed by atoms with van der Waals surface area (Å²) < 4.78 is 0. The zero-order valence-electron chi connectivity index (χ0n) is 10.5. The summed E-state index contributed by atoms with van der Waals surface area (Å²) in [5.74, 6) is 0.693. The summed E-state index contributed by atoms with van der Waals surface area (Å²) in [5.41, 5.74) is 8.47. The van der Waals surface area contributed by atoms with Crippen LogP contribution in [0.2, 0.25) is 0 Å². The largest absolute Gasteiger partial charge is 0.399 e. The number of rotatable bonds is 2. The Morgan fingerprint density at radius 3 is 3.11 bits per heavy atom. The molecule has 1 atom stereocenters. The number of nitrogens with zero attached hydrogens (tertiary/aromatic N) is 3. The minimum absolute atomic E-state index is 0.308. The van der Waals surface area contributed by atoms with Crippen molar-refractivity contribution in [1.82, 2.24) is 9.97 Å². The third-order valence-corrected chi connectivity index (χ3v) is 4.26. The van der Waals surface area contributed by atoms with Gasteiger partial charge in [-0.3, -0.25) is 0 Å². The van der Waals surface area contributed by atoms with Crippen molar-refractivity contribution in [3.63, 3.8) is 0 Å². The summed E-state index contributed by atoms with van der Waals surface area (Å²) in [4.78, 5) is 14.7. The Kier molecular flexibility index (Phi) is 3.16. The van der Waals surface area contributed by atoms with Gasteiger partial charge in [0.15, 0.2) is 0 Å². The average Bonchev–Trinajstić information content (AvgIpc) is 2.92. The van der Waals surface area contributed by atoms with E-state index in [9.17, 15) is 0 Å². The molecule has 1 aliphatic carbocycles. The second kappa shape index (κ2) is 4.97. The maximum absolute atomic E-state index is 5.67. The van der Waals surface area contributed by atoms with Crippen molar-refractivity contribution in [2.45, 2.75) is 18.8 Å². The normalized spacial score (nSPS) is 20.3. The van der Waals surface area contributed by atoms with Gasteiger partial charge in [-0.05, 0) is 17.9 Å². The zero-order valence-corrected chi connectivity index (χ0v) is 11.4. The van der Waals surface area contributed by atoms with Gasteiger partial charge in [0.2, 0.25) is 5.95 Å². The molecule has 2 N–H and O–H groups in total. The molecule has 1 aliphatic rings. The zero-order chi connectivity index (χ0) is 13.2. The first-order chi connectivity index (χ1) is 9.28. The predicted octanol–water partition coefficient (Wildman–Crippen LogP) is 2.20. The molecule has 5 nitrogen and oxygen atoms in total. The molecule has 0 amide bonds. The van der Waals surface area contributed by atoms with Crippen molar-refractivity contribution in [3.05, 3.63) is 39.8 Å². The van der Waals surface area contributed by atoms with Crippen molar-refractivity contribution in [2.24, 2.45) is 5.16 Å². The summed E-state index contributed by atoms with van der Waals surface area (Å²) in [6, 6.07) is 4.21. The van der Waals surface area contributed by atoms with Crippen LogP contribution in [0.4, 0.5) is 5.95 Å². The number of nitrogen functional groups attached to an aromatic ring is 1. The molecule has 1 unspecified atom stereocenters. The Morgan fingerprint density at radius 2 is 2.37 bits per heavy atom. The lowest BCUT2D eigenvalue weighted by Gasteiger charge is -2.23. The van der Waals surface area contributed by atoms with Gasteiger partial charge in [0, 0.05) is 29.0 Å². The van der Waals surface area contributed by atoms with E-state index >= 15 is 0 Å². The first kappa shape index (κ1) is 12.1. The molecule has 0 spiro atoms. The Hall–Kier alpha value is -1.95. The van der Waals surface area contributed by atoms with Gasteiger partial charge in [-0.2, -0.15) is 0 Å². The highest BCUT2D eigenvalue weighted by molar-refractivity contribution is 7.10. The van der Waals surface area contributed by atoms with E-state index < -0.39 is 0 Å². The molecule has 2 heterocycles. The topological polar surface area (TPSA) is 73.4 Å². The second-order valence-electron chi connectivity index (χ2n) is 4.43. The molecule has 0 aliphatic heterocycles. The van der Waals surface area contributed by atoms with E-state index in [0.717, 1.165) is 29.8 Å². The van der Waals surface area contributed by atoms with Crippen molar-refractivity contribution >= 4 is 23.0 Å². The van der Waals surface area contributed by atoms with E-state index in [2.05, 4.69) is 32.6 Å². The Balaban J connectivity index is 2.03. The second-order valence-corrected chi connectivity index (χ2v) is 5.41. The number of thiophene rings is 1. The lowest BCUT2D eigenvalue weighted by atomic mass is 9.85.